The molecule has 32 heavy (non-hydrogen) atoms. The Balaban J connectivity index is 1.48. The highest BCUT2D eigenvalue weighted by molar-refractivity contribution is 6.00. The summed E-state index contributed by atoms with van der Waals surface area (Å²) < 4.78 is 1.96. The van der Waals surface area contributed by atoms with Gasteiger partial charge in [-0.15, -0.1) is 0 Å². The number of benzene rings is 2. The van der Waals surface area contributed by atoms with Gasteiger partial charge in [-0.3, -0.25) is 4.79 Å². The fraction of sp³-hybridized carbons (Fsp3) is 0.250. The highest BCUT2D eigenvalue weighted by Crippen LogP contribution is 2.33. The minimum Gasteiger partial charge on any atom is -0.383 e. The fourth-order valence-corrected chi connectivity index (χ4v) is 4.18. The molecule has 3 heterocycles. The number of nitrogen functional groups attached to an aromatic ring is 1. The first kappa shape index (κ1) is 20.1. The maximum Gasteiger partial charge on any atom is 0.251 e. The highest BCUT2D eigenvalue weighted by Gasteiger charge is 2.23. The first-order valence-corrected chi connectivity index (χ1v) is 10.8. The maximum atomic E-state index is 12.8. The second-order valence-corrected chi connectivity index (χ2v) is 8.00. The lowest BCUT2D eigenvalue weighted by Crippen LogP contribution is -2.32. The SMILES string of the molecule is Nc1ncnc2c1c(-c1cccc(C(=O)NCc3ccccc3)c1)nn2[C@@H]1CCCNC1. The zero-order valence-electron chi connectivity index (χ0n) is 17.7. The number of nitrogens with two attached hydrogens (primary N) is 1. The molecule has 1 aliphatic rings. The van der Waals surface area contributed by atoms with Gasteiger partial charge < -0.3 is 16.4 Å². The predicted octanol–water partition coefficient (Wildman–Crippen LogP) is 2.93. The monoisotopic (exact) mass is 427 g/mol. The van der Waals surface area contributed by atoms with E-state index in [1.807, 2.05) is 53.2 Å². The summed E-state index contributed by atoms with van der Waals surface area (Å²) in [7, 11) is 0. The smallest absolute Gasteiger partial charge is 0.251 e. The van der Waals surface area contributed by atoms with E-state index in [9.17, 15) is 4.79 Å². The lowest BCUT2D eigenvalue weighted by atomic mass is 10.1. The number of amides is 1. The van der Waals surface area contributed by atoms with Gasteiger partial charge in [0.1, 0.15) is 17.8 Å². The van der Waals surface area contributed by atoms with Crippen molar-refractivity contribution in [2.75, 3.05) is 18.8 Å². The van der Waals surface area contributed by atoms with Crippen molar-refractivity contribution in [2.24, 2.45) is 0 Å². The van der Waals surface area contributed by atoms with Crippen LogP contribution in [0.4, 0.5) is 5.82 Å². The molecule has 1 amide bonds. The van der Waals surface area contributed by atoms with E-state index in [0.717, 1.165) is 48.1 Å². The Morgan fingerprint density at radius 3 is 2.84 bits per heavy atom. The van der Waals surface area contributed by atoms with Gasteiger partial charge in [-0.2, -0.15) is 5.10 Å². The fourth-order valence-electron chi connectivity index (χ4n) is 4.18. The van der Waals surface area contributed by atoms with E-state index >= 15 is 0 Å². The third-order valence-electron chi connectivity index (χ3n) is 5.83. The van der Waals surface area contributed by atoms with Crippen molar-refractivity contribution in [3.05, 3.63) is 72.1 Å². The molecule has 1 fully saturated rings. The van der Waals surface area contributed by atoms with E-state index in [2.05, 4.69) is 20.6 Å². The lowest BCUT2D eigenvalue weighted by molar-refractivity contribution is 0.0951. The molecule has 162 valence electrons. The van der Waals surface area contributed by atoms with Crippen molar-refractivity contribution in [3.63, 3.8) is 0 Å². The molecule has 0 spiro atoms. The van der Waals surface area contributed by atoms with Crippen LogP contribution in [0.25, 0.3) is 22.3 Å². The van der Waals surface area contributed by atoms with Crippen LogP contribution in [-0.2, 0) is 6.54 Å². The van der Waals surface area contributed by atoms with Crippen LogP contribution in [0.3, 0.4) is 0 Å². The topological polar surface area (TPSA) is 111 Å². The van der Waals surface area contributed by atoms with Crippen LogP contribution in [-0.4, -0.2) is 38.7 Å². The van der Waals surface area contributed by atoms with E-state index in [4.69, 9.17) is 10.8 Å². The van der Waals surface area contributed by atoms with Crippen molar-refractivity contribution < 1.29 is 4.79 Å². The van der Waals surface area contributed by atoms with Crippen LogP contribution >= 0.6 is 0 Å². The quantitative estimate of drug-likeness (QED) is 0.452. The number of aromatic nitrogens is 4. The van der Waals surface area contributed by atoms with Gasteiger partial charge in [-0.05, 0) is 37.1 Å². The average Bonchev–Trinajstić information content (AvgIpc) is 3.25. The van der Waals surface area contributed by atoms with E-state index in [-0.39, 0.29) is 11.9 Å². The van der Waals surface area contributed by atoms with Crippen LogP contribution in [0.2, 0.25) is 0 Å². The number of rotatable bonds is 5. The number of hydrogen-bond donors (Lipinski definition) is 3. The molecule has 2 aromatic heterocycles. The Kier molecular flexibility index (Phi) is 5.51. The summed E-state index contributed by atoms with van der Waals surface area (Å²) in [6, 6.07) is 17.5. The number of hydrogen-bond acceptors (Lipinski definition) is 6. The molecule has 0 saturated carbocycles. The Morgan fingerprint density at radius 2 is 2.03 bits per heavy atom. The number of carbonyl (C=O) groups excluding carboxylic acids is 1. The van der Waals surface area contributed by atoms with Gasteiger partial charge in [0, 0.05) is 24.2 Å². The molecule has 0 bridgehead atoms. The third-order valence-corrected chi connectivity index (χ3v) is 5.83. The summed E-state index contributed by atoms with van der Waals surface area (Å²) in [6.45, 7) is 2.32. The normalized spacial score (nSPS) is 16.2. The van der Waals surface area contributed by atoms with Crippen LogP contribution in [0.5, 0.6) is 0 Å². The molecule has 5 rings (SSSR count). The highest BCUT2D eigenvalue weighted by atomic mass is 16.1. The maximum absolute atomic E-state index is 12.8. The molecule has 4 aromatic rings. The molecule has 2 aromatic carbocycles. The summed E-state index contributed by atoms with van der Waals surface area (Å²) >= 11 is 0. The minimum absolute atomic E-state index is 0.139. The second kappa shape index (κ2) is 8.76. The summed E-state index contributed by atoms with van der Waals surface area (Å²) in [5.41, 5.74) is 10.1. The van der Waals surface area contributed by atoms with Gasteiger partial charge in [0.2, 0.25) is 0 Å². The van der Waals surface area contributed by atoms with Crippen molar-refractivity contribution >= 4 is 22.8 Å². The summed E-state index contributed by atoms with van der Waals surface area (Å²) in [5, 5.41) is 12.0. The van der Waals surface area contributed by atoms with Gasteiger partial charge in [-0.1, -0.05) is 42.5 Å². The van der Waals surface area contributed by atoms with Crippen molar-refractivity contribution in [1.29, 1.82) is 0 Å². The van der Waals surface area contributed by atoms with E-state index in [1.54, 1.807) is 6.07 Å². The predicted molar refractivity (Wildman–Crippen MR) is 124 cm³/mol. The number of carbonyl (C=O) groups is 1. The number of anilines is 1. The zero-order chi connectivity index (χ0) is 21.9. The van der Waals surface area contributed by atoms with Gasteiger partial charge in [0.15, 0.2) is 5.65 Å². The van der Waals surface area contributed by atoms with Crippen LogP contribution in [0, 0.1) is 0 Å². The van der Waals surface area contributed by atoms with Gasteiger partial charge in [0.25, 0.3) is 5.91 Å². The molecular formula is C24H25N7O. The Hall–Kier alpha value is -3.78. The van der Waals surface area contributed by atoms with Crippen LogP contribution in [0.1, 0.15) is 34.8 Å². The molecule has 8 heteroatoms. The Labute approximate surface area is 185 Å². The lowest BCUT2D eigenvalue weighted by Gasteiger charge is -2.23. The molecule has 1 atom stereocenters. The Bertz CT molecular complexity index is 1250. The Morgan fingerprint density at radius 1 is 1.16 bits per heavy atom. The molecule has 4 N–H and O–H groups in total. The summed E-state index contributed by atoms with van der Waals surface area (Å²) in [5.74, 6) is 0.249. The zero-order valence-corrected chi connectivity index (χ0v) is 17.7. The molecule has 1 aliphatic heterocycles. The molecule has 0 radical (unpaired) electrons. The molecule has 1 saturated heterocycles. The largest absolute Gasteiger partial charge is 0.383 e. The van der Waals surface area contributed by atoms with Crippen LogP contribution < -0.4 is 16.4 Å². The van der Waals surface area contributed by atoms with Crippen LogP contribution in [0.15, 0.2) is 60.9 Å². The molecule has 8 nitrogen and oxygen atoms in total. The summed E-state index contributed by atoms with van der Waals surface area (Å²) in [6.07, 6.45) is 3.58. The summed E-state index contributed by atoms with van der Waals surface area (Å²) in [4.78, 5) is 21.5. The number of nitrogens with one attached hydrogen (secondary N) is 2. The molecule has 0 unspecified atom stereocenters. The number of nitrogens with zero attached hydrogens (tertiary/aromatic N) is 4. The first-order chi connectivity index (χ1) is 15.7. The first-order valence-electron chi connectivity index (χ1n) is 10.8. The second-order valence-electron chi connectivity index (χ2n) is 8.00. The molecule has 0 aliphatic carbocycles. The number of fused-ring (bicyclic) bond motifs is 1. The van der Waals surface area contributed by atoms with Crippen molar-refractivity contribution in [3.8, 4) is 11.3 Å². The molecular weight excluding hydrogens is 402 g/mol. The van der Waals surface area contributed by atoms with E-state index in [0.29, 0.717) is 23.6 Å². The minimum atomic E-state index is -0.139. The van der Waals surface area contributed by atoms with Gasteiger partial charge in [-0.25, -0.2) is 14.6 Å². The van der Waals surface area contributed by atoms with E-state index in [1.165, 1.54) is 6.33 Å². The number of piperidine rings is 1. The van der Waals surface area contributed by atoms with E-state index < -0.39 is 0 Å². The van der Waals surface area contributed by atoms with Crippen molar-refractivity contribution in [1.82, 2.24) is 30.4 Å². The standard InChI is InChI=1S/C24H25N7O/c25-22-20-21(30-31(23(20)29-15-28-22)19-10-5-11-26-14-19)17-8-4-9-18(12-17)24(32)27-13-16-6-2-1-3-7-16/h1-4,6-9,12,15,19,26H,5,10-11,13-14H2,(H,27,32)(H2,25,28,29)/t19-/m1/s1. The average molecular weight is 428 g/mol. The van der Waals surface area contributed by atoms with Crippen molar-refractivity contribution in [2.45, 2.75) is 25.4 Å². The van der Waals surface area contributed by atoms with Gasteiger partial charge in [0.05, 0.1) is 11.4 Å². The third kappa shape index (κ3) is 3.92. The van der Waals surface area contributed by atoms with Gasteiger partial charge >= 0.3 is 0 Å².